The number of amides is 1. The third kappa shape index (κ3) is 5.20. The molecule has 2 aromatic heterocycles. The van der Waals surface area contributed by atoms with E-state index in [0.29, 0.717) is 23.9 Å². The monoisotopic (exact) mass is 642 g/mol. The number of allylic oxidation sites excluding steroid dienone is 1. The van der Waals surface area contributed by atoms with Crippen LogP contribution in [-0.4, -0.2) is 52.1 Å². The highest BCUT2D eigenvalue weighted by Gasteiger charge is 2.34. The van der Waals surface area contributed by atoms with Crippen molar-refractivity contribution in [1.29, 1.82) is 0 Å². The molecule has 0 atom stereocenters. The van der Waals surface area contributed by atoms with Crippen LogP contribution in [0.1, 0.15) is 108 Å². The van der Waals surface area contributed by atoms with Gasteiger partial charge in [0.25, 0.3) is 5.91 Å². The minimum Gasteiger partial charge on any atom is -0.497 e. The first-order valence-electron chi connectivity index (χ1n) is 16.0. The minimum atomic E-state index is -3.83. The van der Waals surface area contributed by atoms with Gasteiger partial charge in [-0.25, -0.2) is 17.9 Å². The molecule has 2 aliphatic carbocycles. The molecular weight excluding hydrogens is 604 g/mol. The molecule has 2 fully saturated rings. The molecule has 0 radical (unpaired) electrons. The average molecular weight is 643 g/mol. The molecule has 1 aliphatic heterocycles. The number of carboxylic acids is 1. The Labute approximate surface area is 268 Å². The first-order chi connectivity index (χ1) is 22.1. The fraction of sp³-hybridized carbons (Fsp3) is 0.400. The molecule has 1 amide bonds. The summed E-state index contributed by atoms with van der Waals surface area (Å²) in [6.07, 6.45) is 10.9. The van der Waals surface area contributed by atoms with Gasteiger partial charge in [-0.05, 0) is 98.6 Å². The Kier molecular flexibility index (Phi) is 7.54. The molecule has 0 unspecified atom stereocenters. The lowest BCUT2D eigenvalue weighted by atomic mass is 9.81. The van der Waals surface area contributed by atoms with Crippen LogP contribution in [0.25, 0.3) is 33.8 Å². The van der Waals surface area contributed by atoms with Gasteiger partial charge in [-0.3, -0.25) is 9.48 Å². The number of aromatic nitrogens is 3. The summed E-state index contributed by atoms with van der Waals surface area (Å²) < 4.78 is 37.1. The average Bonchev–Trinajstić information content (AvgIpc) is 3.74. The number of aromatic carboxylic acids is 1. The standard InChI is InChI=1S/C35H38N4O6S/c1-20(2)46(43,44)37-34(40)22-9-13-28-30(17-22)38-19-24(32-29(35(41)42)18-36-39(32)25-10-11-25)15-23-16-26(45-3)12-14-27(23)33(38)31(28)21-7-5-4-6-8-21/h9,12-18,20-21,25H,4-8,10-11,19H2,1-3H3,(H,37,40)(H,41,42). The van der Waals surface area contributed by atoms with Gasteiger partial charge >= 0.3 is 5.97 Å². The number of carboxylic acid groups (broad SMARTS) is 1. The van der Waals surface area contributed by atoms with E-state index in [-0.39, 0.29) is 17.2 Å². The Balaban J connectivity index is 1.49. The van der Waals surface area contributed by atoms with E-state index in [0.717, 1.165) is 71.8 Å². The smallest absolute Gasteiger partial charge is 0.339 e. The van der Waals surface area contributed by atoms with Gasteiger partial charge in [-0.1, -0.05) is 25.3 Å². The number of rotatable bonds is 8. The number of sulfonamides is 1. The lowest BCUT2D eigenvalue weighted by Gasteiger charge is -2.24. The number of hydrogen-bond donors (Lipinski definition) is 2. The molecule has 0 spiro atoms. The van der Waals surface area contributed by atoms with Crippen LogP contribution < -0.4 is 9.46 Å². The van der Waals surface area contributed by atoms with Crippen LogP contribution in [0.15, 0.2) is 42.6 Å². The minimum absolute atomic E-state index is 0.147. The number of benzene rings is 2. The van der Waals surface area contributed by atoms with Crippen LogP contribution >= 0.6 is 0 Å². The number of carbonyl (C=O) groups excluding carboxylic acids is 1. The number of nitrogens with zero attached hydrogens (tertiary/aromatic N) is 3. The third-order valence-electron chi connectivity index (χ3n) is 9.63. The van der Waals surface area contributed by atoms with Gasteiger partial charge in [0.15, 0.2) is 0 Å². The van der Waals surface area contributed by atoms with E-state index in [9.17, 15) is 23.1 Å². The van der Waals surface area contributed by atoms with Crippen molar-refractivity contribution in [2.45, 2.75) is 82.5 Å². The molecule has 240 valence electrons. The quantitative estimate of drug-likeness (QED) is 0.221. The summed E-state index contributed by atoms with van der Waals surface area (Å²) in [4.78, 5) is 25.8. The summed E-state index contributed by atoms with van der Waals surface area (Å²) in [6.45, 7) is 3.39. The predicted molar refractivity (Wildman–Crippen MR) is 177 cm³/mol. The molecule has 2 saturated carbocycles. The zero-order valence-corrected chi connectivity index (χ0v) is 27.1. The zero-order valence-electron chi connectivity index (χ0n) is 26.2. The van der Waals surface area contributed by atoms with E-state index < -0.39 is 27.1 Å². The van der Waals surface area contributed by atoms with E-state index in [2.05, 4.69) is 26.5 Å². The maximum Gasteiger partial charge on any atom is 0.339 e. The van der Waals surface area contributed by atoms with Crippen molar-refractivity contribution in [1.82, 2.24) is 19.1 Å². The van der Waals surface area contributed by atoms with Crippen molar-refractivity contribution in [3.05, 3.63) is 70.5 Å². The molecule has 10 nitrogen and oxygen atoms in total. The van der Waals surface area contributed by atoms with E-state index in [4.69, 9.17) is 4.74 Å². The van der Waals surface area contributed by atoms with E-state index >= 15 is 0 Å². The summed E-state index contributed by atoms with van der Waals surface area (Å²) in [6, 6.07) is 11.6. The van der Waals surface area contributed by atoms with Crippen LogP contribution in [0, 0.1) is 0 Å². The first-order valence-corrected chi connectivity index (χ1v) is 17.5. The molecule has 46 heavy (non-hydrogen) atoms. The molecule has 7 rings (SSSR count). The fourth-order valence-electron chi connectivity index (χ4n) is 7.07. The number of ether oxygens (including phenoxy) is 1. The number of hydrogen-bond acceptors (Lipinski definition) is 6. The summed E-state index contributed by atoms with van der Waals surface area (Å²) in [7, 11) is -2.20. The first kappa shape index (κ1) is 30.3. The van der Waals surface area contributed by atoms with Crippen LogP contribution in [0.2, 0.25) is 0 Å². The van der Waals surface area contributed by atoms with Gasteiger partial charge in [0.05, 0.1) is 42.5 Å². The second-order valence-electron chi connectivity index (χ2n) is 13.0. The largest absolute Gasteiger partial charge is 0.497 e. The van der Waals surface area contributed by atoms with Crippen LogP contribution in [-0.2, 0) is 16.6 Å². The number of methoxy groups -OCH3 is 1. The number of nitrogens with one attached hydrogen (secondary N) is 1. The Hall–Kier alpha value is -4.38. The lowest BCUT2D eigenvalue weighted by molar-refractivity contribution is 0.0696. The maximum absolute atomic E-state index is 13.3. The normalized spacial score (nSPS) is 16.9. The highest BCUT2D eigenvalue weighted by Crippen LogP contribution is 2.48. The Bertz CT molecular complexity index is 2030. The molecule has 0 bridgehead atoms. The Morgan fingerprint density at radius 2 is 1.78 bits per heavy atom. The third-order valence-corrected chi connectivity index (χ3v) is 11.3. The van der Waals surface area contributed by atoms with Gasteiger partial charge in [-0.15, -0.1) is 0 Å². The Morgan fingerprint density at radius 3 is 2.46 bits per heavy atom. The molecule has 3 heterocycles. The summed E-state index contributed by atoms with van der Waals surface area (Å²) in [5, 5.41) is 15.0. The van der Waals surface area contributed by atoms with Crippen molar-refractivity contribution >= 4 is 44.5 Å². The van der Waals surface area contributed by atoms with E-state index in [1.807, 2.05) is 22.9 Å². The fourth-order valence-corrected chi connectivity index (χ4v) is 7.68. The molecule has 11 heteroatoms. The topological polar surface area (TPSA) is 133 Å². The van der Waals surface area contributed by atoms with Gasteiger partial charge < -0.3 is 14.4 Å². The predicted octanol–water partition coefficient (Wildman–Crippen LogP) is 6.62. The van der Waals surface area contributed by atoms with Crippen LogP contribution in [0.5, 0.6) is 5.75 Å². The van der Waals surface area contributed by atoms with Gasteiger partial charge in [-0.2, -0.15) is 5.10 Å². The Morgan fingerprint density at radius 1 is 1.02 bits per heavy atom. The number of fused-ring (bicyclic) bond motifs is 5. The van der Waals surface area contributed by atoms with Crippen LogP contribution in [0.3, 0.4) is 0 Å². The van der Waals surface area contributed by atoms with Crippen molar-refractivity contribution in [3.8, 4) is 17.0 Å². The molecule has 2 N–H and O–H groups in total. The van der Waals surface area contributed by atoms with E-state index in [1.165, 1.54) is 32.0 Å². The lowest BCUT2D eigenvalue weighted by Crippen LogP contribution is -2.35. The summed E-state index contributed by atoms with van der Waals surface area (Å²) in [5.74, 6) is -0.724. The van der Waals surface area contributed by atoms with Crippen molar-refractivity contribution in [2.75, 3.05) is 7.11 Å². The zero-order chi connectivity index (χ0) is 32.3. The molecule has 0 saturated heterocycles. The molecular formula is C35H38N4O6S. The summed E-state index contributed by atoms with van der Waals surface area (Å²) in [5.41, 5.74) is 6.71. The van der Waals surface area contributed by atoms with Crippen molar-refractivity contribution < 1.29 is 27.9 Å². The molecule has 3 aliphatic rings. The molecule has 2 aromatic carbocycles. The van der Waals surface area contributed by atoms with Gasteiger partial charge in [0.1, 0.15) is 11.3 Å². The highest BCUT2D eigenvalue weighted by molar-refractivity contribution is 7.90. The maximum atomic E-state index is 13.3. The highest BCUT2D eigenvalue weighted by atomic mass is 32.2. The SMILES string of the molecule is COc1ccc2c(c1)C=C(c1c(C(=O)O)cnn1C1CC1)Cn1c-2c(C2CCCCC2)c2ccc(C(=O)NS(=O)(=O)C(C)C)cc21. The van der Waals surface area contributed by atoms with Gasteiger partial charge in [0, 0.05) is 22.0 Å². The molecule has 4 aromatic rings. The van der Waals surface area contributed by atoms with Gasteiger partial charge in [0.2, 0.25) is 10.0 Å². The summed E-state index contributed by atoms with van der Waals surface area (Å²) >= 11 is 0. The second-order valence-corrected chi connectivity index (χ2v) is 15.2. The van der Waals surface area contributed by atoms with Crippen LogP contribution in [0.4, 0.5) is 0 Å². The van der Waals surface area contributed by atoms with E-state index in [1.54, 1.807) is 19.2 Å². The second kappa shape index (κ2) is 11.5. The van der Waals surface area contributed by atoms with Crippen molar-refractivity contribution in [2.24, 2.45) is 0 Å². The number of carbonyl (C=O) groups is 2. The van der Waals surface area contributed by atoms with Crippen molar-refractivity contribution in [3.63, 3.8) is 0 Å².